The highest BCUT2D eigenvalue weighted by atomic mass is 31.2. The topological polar surface area (TPSA) is 31.2 Å². The first kappa shape index (κ1) is 34.8. The van der Waals surface area contributed by atoms with Crippen LogP contribution in [0.3, 0.4) is 0 Å². The van der Waals surface area contributed by atoms with E-state index in [0.29, 0.717) is 0 Å². The lowest BCUT2D eigenvalue weighted by Crippen LogP contribution is -2.26. The molecule has 0 aromatic heterocycles. The summed E-state index contributed by atoms with van der Waals surface area (Å²) in [4.78, 5) is 4.78. The summed E-state index contributed by atoms with van der Waals surface area (Å²) in [6.07, 6.45) is 14.5. The van der Waals surface area contributed by atoms with Crippen LogP contribution in [0.4, 0.5) is 0 Å². The van der Waals surface area contributed by atoms with Gasteiger partial charge in [-0.2, -0.15) is 0 Å². The Morgan fingerprint density at radius 2 is 0.600 bits per heavy atom. The molecular weight excluding hydrogens is 707 g/mol. The highest BCUT2D eigenvalue weighted by Crippen LogP contribution is 2.50. The molecule has 3 aliphatic rings. The molecule has 3 aliphatic heterocycles. The van der Waals surface area contributed by atoms with E-state index in [9.17, 15) is 0 Å². The maximum Gasteiger partial charge on any atom is 0.0669 e. The molecule has 0 amide bonds. The third-order valence-electron chi connectivity index (χ3n) is 10.4. The van der Waals surface area contributed by atoms with E-state index in [1.54, 1.807) is 0 Å². The Morgan fingerprint density at radius 1 is 0.345 bits per heavy atom. The van der Waals surface area contributed by atoms with Crippen molar-refractivity contribution in [2.75, 3.05) is 13.1 Å². The lowest BCUT2D eigenvalue weighted by molar-refractivity contribution is 0.446. The number of fused-ring (bicyclic) bond motifs is 2. The second-order valence-corrected chi connectivity index (χ2v) is 19.8. The molecule has 6 aromatic rings. The summed E-state index contributed by atoms with van der Waals surface area (Å²) in [7, 11) is -4.90. The van der Waals surface area contributed by atoms with Crippen molar-refractivity contribution in [1.29, 1.82) is 0 Å². The van der Waals surface area contributed by atoms with Gasteiger partial charge in [0.25, 0.3) is 0 Å². The molecule has 0 fully saturated rings. The van der Waals surface area contributed by atoms with Crippen molar-refractivity contribution < 1.29 is 0 Å². The van der Waals surface area contributed by atoms with Crippen molar-refractivity contribution in [3.8, 4) is 0 Å². The van der Waals surface area contributed by atoms with Crippen LogP contribution < -0.4 is 31.8 Å². The van der Waals surface area contributed by atoms with Gasteiger partial charge in [0.2, 0.25) is 0 Å². The first-order valence-corrected chi connectivity index (χ1v) is 22.4. The Balaban J connectivity index is 1.28. The second kappa shape index (κ2) is 15.4. The third-order valence-corrected chi connectivity index (χ3v) is 17.7. The lowest BCUT2D eigenvalue weighted by Gasteiger charge is -2.31. The Kier molecular flexibility index (Phi) is 9.78. The van der Waals surface area contributed by atoms with E-state index in [0.717, 1.165) is 42.3 Å². The third kappa shape index (κ3) is 6.63. The average molecular weight is 749 g/mol. The number of benzene rings is 6. The Morgan fingerprint density at radius 3 is 0.855 bits per heavy atom. The fraction of sp³-hybridized carbons (Fsp3) is 0.0612. The molecule has 268 valence electrons. The minimum Gasteiger partial charge on any atom is -0.346 e. The Labute approximate surface area is 324 Å². The first-order chi connectivity index (χ1) is 27.2. The molecule has 0 saturated heterocycles. The van der Waals surface area contributed by atoms with E-state index in [4.69, 9.17) is 9.49 Å². The molecule has 0 N–H and O–H groups in total. The SMILES string of the molecule is C1=CN2CCCN3C=CC(N=P(c4ccccc4)(c4ccccc4)c4ccccc4)=CC3=C2C=C1N=P(c1ccccc1)(c1ccccc1)c1ccccc1. The molecule has 0 spiro atoms. The van der Waals surface area contributed by atoms with Gasteiger partial charge in [-0.1, -0.05) is 182 Å². The van der Waals surface area contributed by atoms with Crippen LogP contribution in [0.1, 0.15) is 6.42 Å². The molecule has 0 bridgehead atoms. The van der Waals surface area contributed by atoms with Crippen molar-refractivity contribution in [3.05, 3.63) is 241 Å². The zero-order valence-electron chi connectivity index (χ0n) is 30.6. The number of allylic oxidation sites excluding steroid dienone is 4. The van der Waals surface area contributed by atoms with E-state index in [2.05, 4.69) is 228 Å². The van der Waals surface area contributed by atoms with Gasteiger partial charge in [0.1, 0.15) is 0 Å². The van der Waals surface area contributed by atoms with Gasteiger partial charge in [0.15, 0.2) is 0 Å². The minimum atomic E-state index is -2.45. The van der Waals surface area contributed by atoms with Crippen LogP contribution in [0, 0.1) is 0 Å². The largest absolute Gasteiger partial charge is 0.346 e. The predicted molar refractivity (Wildman–Crippen MR) is 235 cm³/mol. The first-order valence-electron chi connectivity index (χ1n) is 18.9. The monoisotopic (exact) mass is 748 g/mol. The predicted octanol–water partition coefficient (Wildman–Crippen LogP) is 9.38. The van der Waals surface area contributed by atoms with Gasteiger partial charge in [-0.3, -0.25) is 9.49 Å². The summed E-state index contributed by atoms with van der Waals surface area (Å²) in [5.41, 5.74) is 4.22. The van der Waals surface area contributed by atoms with E-state index in [1.807, 2.05) is 0 Å². The number of hydrogen-bond acceptors (Lipinski definition) is 4. The van der Waals surface area contributed by atoms with Gasteiger partial charge in [0, 0.05) is 57.3 Å². The summed E-state index contributed by atoms with van der Waals surface area (Å²) in [5, 5.41) is 7.38. The van der Waals surface area contributed by atoms with Gasteiger partial charge >= 0.3 is 0 Å². The molecule has 0 aliphatic carbocycles. The van der Waals surface area contributed by atoms with Crippen LogP contribution in [-0.2, 0) is 0 Å². The Bertz CT molecular complexity index is 2170. The highest BCUT2D eigenvalue weighted by Gasteiger charge is 2.31. The Hall–Kier alpha value is -5.92. The lowest BCUT2D eigenvalue weighted by atomic mass is 10.1. The van der Waals surface area contributed by atoms with Crippen LogP contribution in [0.15, 0.2) is 251 Å². The second-order valence-electron chi connectivity index (χ2n) is 13.8. The number of rotatable bonds is 8. The summed E-state index contributed by atoms with van der Waals surface area (Å²) >= 11 is 0. The standard InChI is InChI=1S/C49H42N4P2/c1-7-20-42(21-8-1)54(43-22-9-2-10-23-43,44-24-11-3-12-25-44)50-40-32-36-52-34-19-35-53-37-33-41(39-49(53)48(52)38-40)51-55(45-26-13-4-14-27-45,46-28-15-5-16-29-46)47-30-17-6-18-31-47/h1-18,20-33,36-39H,19,34-35H2. The molecule has 4 nitrogen and oxygen atoms in total. The summed E-state index contributed by atoms with van der Waals surface area (Å²) in [6, 6.07) is 65.2. The van der Waals surface area contributed by atoms with E-state index in [-0.39, 0.29) is 0 Å². The summed E-state index contributed by atoms with van der Waals surface area (Å²) in [6.45, 7) is 1.85. The maximum absolute atomic E-state index is 5.88. The molecule has 55 heavy (non-hydrogen) atoms. The van der Waals surface area contributed by atoms with Crippen LogP contribution in [0.5, 0.6) is 0 Å². The minimum absolute atomic E-state index is 0.926. The van der Waals surface area contributed by atoms with E-state index in [1.165, 1.54) is 31.8 Å². The van der Waals surface area contributed by atoms with Crippen molar-refractivity contribution in [2.24, 2.45) is 9.49 Å². The highest BCUT2D eigenvalue weighted by molar-refractivity contribution is 7.87. The van der Waals surface area contributed by atoms with Gasteiger partial charge in [-0.25, -0.2) is 0 Å². The molecule has 6 aromatic carbocycles. The van der Waals surface area contributed by atoms with Crippen molar-refractivity contribution in [1.82, 2.24) is 9.80 Å². The van der Waals surface area contributed by atoms with Gasteiger partial charge in [0.05, 0.1) is 36.9 Å². The smallest absolute Gasteiger partial charge is 0.0669 e. The molecule has 0 radical (unpaired) electrons. The van der Waals surface area contributed by atoms with Crippen molar-refractivity contribution >= 4 is 45.9 Å². The quantitative estimate of drug-likeness (QED) is 0.145. The van der Waals surface area contributed by atoms with Crippen LogP contribution in [0.25, 0.3) is 0 Å². The van der Waals surface area contributed by atoms with Crippen LogP contribution >= 0.6 is 14.1 Å². The van der Waals surface area contributed by atoms with Crippen molar-refractivity contribution in [3.63, 3.8) is 0 Å². The van der Waals surface area contributed by atoms with Gasteiger partial charge < -0.3 is 9.80 Å². The van der Waals surface area contributed by atoms with Crippen LogP contribution in [-0.4, -0.2) is 22.9 Å². The molecule has 0 saturated carbocycles. The molecule has 0 unspecified atom stereocenters. The normalized spacial score (nSPS) is 15.3. The number of hydrogen-bond donors (Lipinski definition) is 0. The molecule has 0 atom stereocenters. The number of nitrogens with zero attached hydrogens (tertiary/aromatic N) is 4. The average Bonchev–Trinajstić information content (AvgIpc) is 3.45. The molecule has 3 heterocycles. The van der Waals surface area contributed by atoms with Crippen LogP contribution in [0.2, 0.25) is 0 Å². The zero-order valence-corrected chi connectivity index (χ0v) is 32.4. The summed E-state index contributed by atoms with van der Waals surface area (Å²) in [5.74, 6) is 0. The van der Waals surface area contributed by atoms with E-state index < -0.39 is 14.1 Å². The maximum atomic E-state index is 5.88. The van der Waals surface area contributed by atoms with Crippen molar-refractivity contribution in [2.45, 2.75) is 6.42 Å². The molecular formula is C49H42N4P2. The van der Waals surface area contributed by atoms with Gasteiger partial charge in [-0.05, 0) is 30.7 Å². The van der Waals surface area contributed by atoms with E-state index >= 15 is 0 Å². The summed E-state index contributed by atoms with van der Waals surface area (Å²) < 4.78 is 11.8. The zero-order chi connectivity index (χ0) is 36.9. The molecule has 6 heteroatoms. The van der Waals surface area contributed by atoms with Gasteiger partial charge in [-0.15, -0.1) is 0 Å². The fourth-order valence-corrected chi connectivity index (χ4v) is 14.9. The molecule has 9 rings (SSSR count). The fourth-order valence-electron chi connectivity index (χ4n) is 7.85.